The van der Waals surface area contributed by atoms with Crippen LogP contribution in [0.15, 0.2) is 30.4 Å². The highest BCUT2D eigenvalue weighted by molar-refractivity contribution is 5.48. The fourth-order valence-electron chi connectivity index (χ4n) is 1.78. The van der Waals surface area contributed by atoms with E-state index in [0.29, 0.717) is 31.2 Å². The van der Waals surface area contributed by atoms with E-state index in [-0.39, 0.29) is 5.69 Å². The Morgan fingerprint density at radius 2 is 2.19 bits per heavy atom. The SMILES string of the molecule is C=C(C)CCOc1cc(CNCC(C)C)ccc1[N+](=O)[O-]. The van der Waals surface area contributed by atoms with Gasteiger partial charge in [-0.2, -0.15) is 0 Å². The fraction of sp³-hybridized carbons (Fsp3) is 0.500. The van der Waals surface area contributed by atoms with Gasteiger partial charge < -0.3 is 10.1 Å². The molecule has 0 aliphatic heterocycles. The molecule has 0 aliphatic carbocycles. The number of nitrogens with one attached hydrogen (secondary N) is 1. The summed E-state index contributed by atoms with van der Waals surface area (Å²) in [6.45, 7) is 12.0. The smallest absolute Gasteiger partial charge is 0.310 e. The number of benzene rings is 1. The van der Waals surface area contributed by atoms with Gasteiger partial charge in [-0.3, -0.25) is 10.1 Å². The minimum Gasteiger partial charge on any atom is -0.486 e. The fourth-order valence-corrected chi connectivity index (χ4v) is 1.78. The minimum absolute atomic E-state index is 0.00400. The van der Waals surface area contributed by atoms with Crippen molar-refractivity contribution in [3.63, 3.8) is 0 Å². The lowest BCUT2D eigenvalue weighted by Crippen LogP contribution is -2.19. The molecule has 0 aliphatic rings. The van der Waals surface area contributed by atoms with E-state index in [1.54, 1.807) is 12.1 Å². The molecule has 21 heavy (non-hydrogen) atoms. The monoisotopic (exact) mass is 292 g/mol. The van der Waals surface area contributed by atoms with E-state index < -0.39 is 4.92 Å². The summed E-state index contributed by atoms with van der Waals surface area (Å²) in [5.41, 5.74) is 1.98. The van der Waals surface area contributed by atoms with Crippen molar-refractivity contribution in [3.05, 3.63) is 46.0 Å². The molecule has 0 fully saturated rings. The molecule has 116 valence electrons. The molecule has 5 nitrogen and oxygen atoms in total. The molecule has 0 bridgehead atoms. The molecule has 0 saturated carbocycles. The average molecular weight is 292 g/mol. The van der Waals surface area contributed by atoms with Crippen LogP contribution >= 0.6 is 0 Å². The molecule has 0 saturated heterocycles. The maximum atomic E-state index is 11.0. The second-order valence-corrected chi connectivity index (χ2v) is 5.64. The summed E-state index contributed by atoms with van der Waals surface area (Å²) >= 11 is 0. The van der Waals surface area contributed by atoms with Crippen molar-refractivity contribution in [2.24, 2.45) is 5.92 Å². The van der Waals surface area contributed by atoms with E-state index in [4.69, 9.17) is 4.74 Å². The molecule has 1 aromatic rings. The van der Waals surface area contributed by atoms with E-state index >= 15 is 0 Å². The van der Waals surface area contributed by atoms with Gasteiger partial charge in [-0.05, 0) is 31.0 Å². The second kappa shape index (κ2) is 8.42. The van der Waals surface area contributed by atoms with Crippen LogP contribution in [0.4, 0.5) is 5.69 Å². The highest BCUT2D eigenvalue weighted by atomic mass is 16.6. The average Bonchev–Trinajstić information content (AvgIpc) is 2.37. The summed E-state index contributed by atoms with van der Waals surface area (Å²) in [5, 5.41) is 14.3. The number of rotatable bonds is 9. The number of nitro groups is 1. The lowest BCUT2D eigenvalue weighted by molar-refractivity contribution is -0.385. The molecule has 5 heteroatoms. The normalized spacial score (nSPS) is 10.7. The highest BCUT2D eigenvalue weighted by Crippen LogP contribution is 2.28. The third-order valence-electron chi connectivity index (χ3n) is 2.89. The van der Waals surface area contributed by atoms with Crippen LogP contribution in [0.3, 0.4) is 0 Å². The number of ether oxygens (including phenoxy) is 1. The molecule has 1 rings (SSSR count). The summed E-state index contributed by atoms with van der Waals surface area (Å²) in [4.78, 5) is 10.6. The van der Waals surface area contributed by atoms with Crippen molar-refractivity contribution in [1.82, 2.24) is 5.32 Å². The molecule has 0 heterocycles. The standard InChI is InChI=1S/C16H24N2O3/c1-12(2)7-8-21-16-9-14(11-17-10-13(3)4)5-6-15(16)18(19)20/h5-6,9,13,17H,1,7-8,10-11H2,2-4H3. The quantitative estimate of drug-likeness (QED) is 0.428. The summed E-state index contributed by atoms with van der Waals surface area (Å²) in [7, 11) is 0. The topological polar surface area (TPSA) is 64.4 Å². The Bertz CT molecular complexity index is 498. The predicted octanol–water partition coefficient (Wildman–Crippen LogP) is 3.69. The van der Waals surface area contributed by atoms with Crippen molar-refractivity contribution in [3.8, 4) is 5.75 Å². The van der Waals surface area contributed by atoms with Crippen molar-refractivity contribution in [1.29, 1.82) is 0 Å². The van der Waals surface area contributed by atoms with Gasteiger partial charge in [-0.15, -0.1) is 6.58 Å². The van der Waals surface area contributed by atoms with Crippen molar-refractivity contribution in [2.75, 3.05) is 13.2 Å². The van der Waals surface area contributed by atoms with Gasteiger partial charge in [-0.25, -0.2) is 0 Å². The lowest BCUT2D eigenvalue weighted by atomic mass is 10.1. The van der Waals surface area contributed by atoms with Gasteiger partial charge >= 0.3 is 5.69 Å². The van der Waals surface area contributed by atoms with Gasteiger partial charge in [-0.1, -0.05) is 25.5 Å². The third-order valence-corrected chi connectivity index (χ3v) is 2.89. The van der Waals surface area contributed by atoms with E-state index in [1.807, 2.05) is 6.92 Å². The Hall–Kier alpha value is -1.88. The van der Waals surface area contributed by atoms with Crippen LogP contribution in [0.5, 0.6) is 5.75 Å². The van der Waals surface area contributed by atoms with Crippen LogP contribution in [0.1, 0.15) is 32.8 Å². The molecule has 0 unspecified atom stereocenters. The molecule has 0 aromatic heterocycles. The molecule has 0 atom stereocenters. The number of nitrogens with zero attached hydrogens (tertiary/aromatic N) is 1. The van der Waals surface area contributed by atoms with Gasteiger partial charge in [0.2, 0.25) is 0 Å². The van der Waals surface area contributed by atoms with E-state index in [2.05, 4.69) is 25.7 Å². The Labute approximate surface area is 126 Å². The first-order chi connectivity index (χ1) is 9.90. The molecule has 1 aromatic carbocycles. The maximum absolute atomic E-state index is 11.0. The van der Waals surface area contributed by atoms with Crippen LogP contribution in [0, 0.1) is 16.0 Å². The van der Waals surface area contributed by atoms with Crippen LogP contribution in [-0.4, -0.2) is 18.1 Å². The van der Waals surface area contributed by atoms with Crippen LogP contribution in [-0.2, 0) is 6.54 Å². The molecule has 0 radical (unpaired) electrons. The zero-order valence-corrected chi connectivity index (χ0v) is 13.0. The van der Waals surface area contributed by atoms with Crippen molar-refractivity contribution < 1.29 is 9.66 Å². The van der Waals surface area contributed by atoms with E-state index in [9.17, 15) is 10.1 Å². The summed E-state index contributed by atoms with van der Waals surface area (Å²) in [6.07, 6.45) is 0.687. The first-order valence-corrected chi connectivity index (χ1v) is 7.15. The number of hydrogen-bond acceptors (Lipinski definition) is 4. The summed E-state index contributed by atoms with van der Waals surface area (Å²) < 4.78 is 5.55. The zero-order valence-electron chi connectivity index (χ0n) is 13.0. The molecule has 1 N–H and O–H groups in total. The van der Waals surface area contributed by atoms with Gasteiger partial charge in [0.15, 0.2) is 5.75 Å². The van der Waals surface area contributed by atoms with Gasteiger partial charge in [0.25, 0.3) is 0 Å². The first kappa shape index (κ1) is 17.2. The van der Waals surface area contributed by atoms with Gasteiger partial charge in [0.05, 0.1) is 11.5 Å². The van der Waals surface area contributed by atoms with Crippen molar-refractivity contribution >= 4 is 5.69 Å². The summed E-state index contributed by atoms with van der Waals surface area (Å²) in [5.74, 6) is 0.888. The lowest BCUT2D eigenvalue weighted by Gasteiger charge is -2.10. The molecular formula is C16H24N2O3. The van der Waals surface area contributed by atoms with Crippen molar-refractivity contribution in [2.45, 2.75) is 33.7 Å². The number of hydrogen-bond donors (Lipinski definition) is 1. The molecular weight excluding hydrogens is 268 g/mol. The van der Waals surface area contributed by atoms with Gasteiger partial charge in [0.1, 0.15) is 0 Å². The van der Waals surface area contributed by atoms with Crippen LogP contribution < -0.4 is 10.1 Å². The van der Waals surface area contributed by atoms with Gasteiger partial charge in [0, 0.05) is 19.0 Å². The number of nitro benzene ring substituents is 1. The van der Waals surface area contributed by atoms with Crippen LogP contribution in [0.2, 0.25) is 0 Å². The van der Waals surface area contributed by atoms with Crippen LogP contribution in [0.25, 0.3) is 0 Å². The Morgan fingerprint density at radius 1 is 1.48 bits per heavy atom. The predicted molar refractivity (Wildman–Crippen MR) is 84.6 cm³/mol. The van der Waals surface area contributed by atoms with E-state index in [0.717, 1.165) is 17.7 Å². The maximum Gasteiger partial charge on any atom is 0.310 e. The zero-order chi connectivity index (χ0) is 15.8. The summed E-state index contributed by atoms with van der Waals surface area (Å²) in [6, 6.07) is 5.00. The molecule has 0 spiro atoms. The Balaban J connectivity index is 2.75. The third kappa shape index (κ3) is 6.40. The highest BCUT2D eigenvalue weighted by Gasteiger charge is 2.15. The largest absolute Gasteiger partial charge is 0.486 e. The first-order valence-electron chi connectivity index (χ1n) is 7.15. The van der Waals surface area contributed by atoms with E-state index in [1.165, 1.54) is 6.07 Å². The minimum atomic E-state index is -0.415. The Kier molecular flexibility index (Phi) is 6.88. The Morgan fingerprint density at radius 3 is 2.76 bits per heavy atom. The molecule has 0 amide bonds. The second-order valence-electron chi connectivity index (χ2n) is 5.64.